The summed E-state index contributed by atoms with van der Waals surface area (Å²) < 4.78 is 11.7. The van der Waals surface area contributed by atoms with E-state index in [0.717, 1.165) is 50.7 Å². The molecule has 1 aromatic rings. The first-order chi connectivity index (χ1) is 11.7. The zero-order chi connectivity index (χ0) is 17.2. The van der Waals surface area contributed by atoms with Crippen LogP contribution in [-0.2, 0) is 4.74 Å². The number of halogens is 2. The largest absolute Gasteiger partial charge is 0.494 e. The molecule has 1 aliphatic carbocycles. The number of hydrogen-bond acceptors (Lipinski definition) is 2. The van der Waals surface area contributed by atoms with E-state index in [1.54, 1.807) is 0 Å². The summed E-state index contributed by atoms with van der Waals surface area (Å²) in [5.41, 5.74) is 1.44. The smallest absolute Gasteiger partial charge is 0.237 e. The van der Waals surface area contributed by atoms with Gasteiger partial charge in [0.25, 0.3) is 0 Å². The molecule has 0 N–H and O–H groups in total. The average Bonchev–Trinajstić information content (AvgIpc) is 2.60. The van der Waals surface area contributed by atoms with Gasteiger partial charge in [-0.2, -0.15) is 22.2 Å². The van der Waals surface area contributed by atoms with Gasteiger partial charge in [0, 0.05) is 6.61 Å². The van der Waals surface area contributed by atoms with E-state index < -0.39 is 7.42 Å². The predicted octanol–water partition coefficient (Wildman–Crippen LogP) is 6.00. The van der Waals surface area contributed by atoms with Crippen molar-refractivity contribution in [2.75, 3.05) is 13.2 Å². The minimum atomic E-state index is -1.46. The minimum absolute atomic E-state index is 0.420. The third-order valence-electron chi connectivity index (χ3n) is 4.71. The fourth-order valence-corrected chi connectivity index (χ4v) is 4.62. The molecule has 1 aromatic carbocycles. The maximum Gasteiger partial charge on any atom is 0.237 e. The van der Waals surface area contributed by atoms with E-state index in [0.29, 0.717) is 12.0 Å². The van der Waals surface area contributed by atoms with Gasteiger partial charge in [0.15, 0.2) is 0 Å². The lowest BCUT2D eigenvalue weighted by atomic mass is 9.83. The minimum Gasteiger partial charge on any atom is -0.494 e. The summed E-state index contributed by atoms with van der Waals surface area (Å²) in [7, 11) is -1.46. The molecule has 0 spiro atoms. The van der Waals surface area contributed by atoms with Crippen molar-refractivity contribution in [2.24, 2.45) is 0 Å². The molecule has 2 rings (SSSR count). The zero-order valence-electron chi connectivity index (χ0n) is 14.7. The van der Waals surface area contributed by atoms with Crippen molar-refractivity contribution in [3.63, 3.8) is 0 Å². The van der Waals surface area contributed by atoms with Crippen LogP contribution in [-0.4, -0.2) is 26.7 Å². The second-order valence-corrected chi connectivity index (χ2v) is 11.8. The second-order valence-electron chi connectivity index (χ2n) is 6.65. The Bertz CT molecular complexity index is 445. The summed E-state index contributed by atoms with van der Waals surface area (Å²) in [5, 5.41) is 0. The molecule has 0 aromatic heterocycles. The van der Waals surface area contributed by atoms with E-state index in [4.69, 9.17) is 31.6 Å². The van der Waals surface area contributed by atoms with Crippen LogP contribution in [0.5, 0.6) is 5.75 Å². The maximum absolute atomic E-state index is 5.98. The highest BCUT2D eigenvalue weighted by Crippen LogP contribution is 2.34. The summed E-state index contributed by atoms with van der Waals surface area (Å²) in [6.45, 7) is 3.80. The molecule has 1 aliphatic rings. The van der Waals surface area contributed by atoms with Crippen molar-refractivity contribution >= 4 is 29.6 Å². The van der Waals surface area contributed by atoms with Crippen LogP contribution in [0, 0.1) is 0 Å². The molecule has 1 saturated carbocycles. The summed E-state index contributed by atoms with van der Waals surface area (Å²) in [4.78, 5) is 0. The number of unbranched alkanes of at least 4 members (excludes halogenated alkanes) is 1. The molecule has 0 saturated heterocycles. The summed E-state index contributed by atoms with van der Waals surface area (Å²) in [6.07, 6.45) is 8.44. The quantitative estimate of drug-likeness (QED) is 0.278. The van der Waals surface area contributed by atoms with Crippen molar-refractivity contribution in [3.05, 3.63) is 29.8 Å². The third kappa shape index (κ3) is 7.34. The van der Waals surface area contributed by atoms with E-state index in [9.17, 15) is 0 Å². The molecule has 0 atom stereocenters. The van der Waals surface area contributed by atoms with Gasteiger partial charge in [0.2, 0.25) is 7.42 Å². The number of rotatable bonds is 10. The Morgan fingerprint density at radius 2 is 1.71 bits per heavy atom. The Morgan fingerprint density at radius 3 is 2.33 bits per heavy atom. The number of benzene rings is 1. The highest BCUT2D eigenvalue weighted by atomic mass is 35.7. The van der Waals surface area contributed by atoms with Gasteiger partial charge >= 0.3 is 0 Å². The van der Waals surface area contributed by atoms with E-state index >= 15 is 0 Å². The first-order valence-electron chi connectivity index (χ1n) is 9.31. The van der Waals surface area contributed by atoms with Crippen molar-refractivity contribution in [2.45, 2.75) is 69.9 Å². The Hall–Kier alpha value is -0.223. The van der Waals surface area contributed by atoms with Crippen LogP contribution in [0.3, 0.4) is 0 Å². The Labute approximate surface area is 157 Å². The molecule has 0 heterocycles. The molecule has 136 valence electrons. The van der Waals surface area contributed by atoms with Crippen molar-refractivity contribution in [3.8, 4) is 5.75 Å². The normalized spacial score (nSPS) is 21.2. The van der Waals surface area contributed by atoms with Crippen LogP contribution in [0.15, 0.2) is 24.3 Å². The predicted molar refractivity (Wildman–Crippen MR) is 106 cm³/mol. The van der Waals surface area contributed by atoms with Gasteiger partial charge in [0.05, 0.1) is 12.7 Å². The van der Waals surface area contributed by atoms with Gasteiger partial charge in [0.1, 0.15) is 5.75 Å². The van der Waals surface area contributed by atoms with Crippen LogP contribution in [0.4, 0.5) is 0 Å². The van der Waals surface area contributed by atoms with Gasteiger partial charge in [-0.05, 0) is 68.2 Å². The first-order valence-corrected chi connectivity index (χ1v) is 13.6. The molecule has 24 heavy (non-hydrogen) atoms. The van der Waals surface area contributed by atoms with Gasteiger partial charge in [-0.3, -0.25) is 0 Å². The third-order valence-corrected chi connectivity index (χ3v) is 6.87. The Kier molecular flexibility index (Phi) is 9.55. The lowest BCUT2D eigenvalue weighted by molar-refractivity contribution is 0.0251. The Balaban J connectivity index is 1.68. The zero-order valence-corrected chi connectivity index (χ0v) is 17.4. The van der Waals surface area contributed by atoms with Gasteiger partial charge in [-0.25, -0.2) is 0 Å². The van der Waals surface area contributed by atoms with Crippen molar-refractivity contribution in [1.29, 1.82) is 0 Å². The highest BCUT2D eigenvalue weighted by Gasteiger charge is 2.22. The molecule has 0 unspecified atom stereocenters. The van der Waals surface area contributed by atoms with Gasteiger partial charge < -0.3 is 9.47 Å². The fourth-order valence-electron chi connectivity index (χ4n) is 3.22. The number of hydrogen-bond donors (Lipinski definition) is 0. The van der Waals surface area contributed by atoms with Crippen LogP contribution in [0.2, 0.25) is 6.04 Å². The molecule has 1 fully saturated rings. The van der Waals surface area contributed by atoms with E-state index in [1.165, 1.54) is 24.8 Å². The first kappa shape index (κ1) is 20.1. The SMILES string of the molecule is CCCCOc1ccc(C2CCC(OCCC[SiH](Cl)Cl)CC2)cc1. The molecule has 5 heteroatoms. The highest BCUT2D eigenvalue weighted by molar-refractivity contribution is 7.33. The second kappa shape index (κ2) is 11.4. The lowest BCUT2D eigenvalue weighted by Gasteiger charge is -2.29. The van der Waals surface area contributed by atoms with Crippen molar-refractivity contribution < 1.29 is 9.47 Å². The van der Waals surface area contributed by atoms with Gasteiger partial charge in [-0.1, -0.05) is 25.5 Å². The van der Waals surface area contributed by atoms with Crippen LogP contribution < -0.4 is 4.74 Å². The van der Waals surface area contributed by atoms with E-state index in [2.05, 4.69) is 31.2 Å². The fraction of sp³-hybridized carbons (Fsp3) is 0.684. The average molecular weight is 389 g/mol. The van der Waals surface area contributed by atoms with Crippen molar-refractivity contribution in [1.82, 2.24) is 0 Å². The number of ether oxygens (including phenoxy) is 2. The maximum atomic E-state index is 5.98. The van der Waals surface area contributed by atoms with E-state index in [-0.39, 0.29) is 0 Å². The molecular weight excluding hydrogens is 359 g/mol. The summed E-state index contributed by atoms with van der Waals surface area (Å²) in [6, 6.07) is 9.65. The summed E-state index contributed by atoms with van der Waals surface area (Å²) in [5.74, 6) is 1.65. The van der Waals surface area contributed by atoms with Crippen LogP contribution >= 0.6 is 22.2 Å². The molecular formula is C19H30Cl2O2Si. The molecule has 0 radical (unpaired) electrons. The molecule has 2 nitrogen and oxygen atoms in total. The van der Waals surface area contributed by atoms with Crippen LogP contribution in [0.25, 0.3) is 0 Å². The molecule has 0 amide bonds. The van der Waals surface area contributed by atoms with Gasteiger partial charge in [-0.15, -0.1) is 0 Å². The molecule has 0 aliphatic heterocycles. The van der Waals surface area contributed by atoms with Crippen LogP contribution in [0.1, 0.15) is 63.4 Å². The molecule has 0 bridgehead atoms. The lowest BCUT2D eigenvalue weighted by Crippen LogP contribution is -2.21. The topological polar surface area (TPSA) is 18.5 Å². The Morgan fingerprint density at radius 1 is 1.00 bits per heavy atom. The van der Waals surface area contributed by atoms with E-state index in [1.807, 2.05) is 0 Å². The monoisotopic (exact) mass is 388 g/mol. The standard InChI is InChI=1S/C19H30Cl2O2Si/c1-2-3-13-22-18-9-5-16(6-10-18)17-7-11-19(12-8-17)23-14-4-15-24(20)21/h5-6,9-10,17,19,24H,2-4,7-8,11-15H2,1H3. The summed E-state index contributed by atoms with van der Waals surface area (Å²) >= 11 is 11.7.